The van der Waals surface area contributed by atoms with E-state index in [9.17, 15) is 14.4 Å². The van der Waals surface area contributed by atoms with Crippen molar-refractivity contribution in [1.82, 2.24) is 0 Å². The van der Waals surface area contributed by atoms with Gasteiger partial charge in [-0.3, -0.25) is 14.4 Å². The van der Waals surface area contributed by atoms with E-state index >= 15 is 0 Å². The van der Waals surface area contributed by atoms with Crippen LogP contribution in [-0.4, -0.2) is 37.2 Å². The van der Waals surface area contributed by atoms with Crippen molar-refractivity contribution in [3.63, 3.8) is 0 Å². The Hall–Kier alpha value is -4.97. The maximum atomic E-state index is 12.9. The molecule has 0 fully saturated rings. The van der Waals surface area contributed by atoms with Crippen molar-refractivity contribution in [3.8, 4) is 0 Å². The fourth-order valence-electron chi connectivity index (χ4n) is 7.98. The standard InChI is InChI=1S/C71H112O6/c1-4-7-10-13-16-19-22-25-27-29-31-33-35-37-39-41-43-46-49-52-55-58-61-64-70(73)76-67-68(66-75-69(72)63-60-57-54-51-48-45-24-21-18-15-12-9-6-3)77-71(74)65-62-59-56-53-50-47-44-42-40-38-36-34-32-30-28-26-23-20-17-14-11-8-5-2/h7-12,16-21,25-28,31-34,37-40,45,48,68H,4-6,13-15,22-24,29-30,35-36,41-44,46-47,49-67H2,1-3H3/b10-7-,11-8-,12-9-,19-16-,20-17-,21-18-,27-25-,28-26-,33-31-,34-32-,39-37-,40-38-,48-45-. The molecule has 1 atom stereocenters. The second kappa shape index (κ2) is 63.6. The second-order valence-corrected chi connectivity index (χ2v) is 19.8. The quantitative estimate of drug-likeness (QED) is 0.0261. The van der Waals surface area contributed by atoms with Crippen molar-refractivity contribution in [2.45, 2.75) is 258 Å². The van der Waals surface area contributed by atoms with Gasteiger partial charge in [0.2, 0.25) is 0 Å². The predicted molar refractivity (Wildman–Crippen MR) is 334 cm³/mol. The normalized spacial score (nSPS) is 13.2. The zero-order valence-corrected chi connectivity index (χ0v) is 49.4. The van der Waals surface area contributed by atoms with Crippen molar-refractivity contribution >= 4 is 17.9 Å². The Balaban J connectivity index is 4.45. The minimum absolute atomic E-state index is 0.105. The second-order valence-electron chi connectivity index (χ2n) is 19.8. The molecular weight excluding hydrogens is 949 g/mol. The molecule has 0 aliphatic rings. The van der Waals surface area contributed by atoms with Gasteiger partial charge in [-0.15, -0.1) is 0 Å². The Morgan fingerprint density at radius 3 is 0.740 bits per heavy atom. The maximum Gasteiger partial charge on any atom is 0.306 e. The number of rotatable bonds is 54. The van der Waals surface area contributed by atoms with Gasteiger partial charge >= 0.3 is 17.9 Å². The molecule has 0 N–H and O–H groups in total. The fourth-order valence-corrected chi connectivity index (χ4v) is 7.98. The van der Waals surface area contributed by atoms with Crippen LogP contribution in [-0.2, 0) is 28.6 Å². The fraction of sp³-hybridized carbons (Fsp3) is 0.592. The van der Waals surface area contributed by atoms with Gasteiger partial charge in [0.25, 0.3) is 0 Å². The van der Waals surface area contributed by atoms with Crippen LogP contribution in [0.5, 0.6) is 0 Å². The van der Waals surface area contributed by atoms with Crippen LogP contribution in [0.3, 0.4) is 0 Å². The van der Waals surface area contributed by atoms with E-state index in [0.717, 1.165) is 167 Å². The summed E-state index contributed by atoms with van der Waals surface area (Å²) in [6.45, 7) is 6.25. The van der Waals surface area contributed by atoms with E-state index in [0.29, 0.717) is 19.3 Å². The van der Waals surface area contributed by atoms with Crippen molar-refractivity contribution in [2.24, 2.45) is 0 Å². The molecule has 1 unspecified atom stereocenters. The molecule has 77 heavy (non-hydrogen) atoms. The van der Waals surface area contributed by atoms with Crippen LogP contribution >= 0.6 is 0 Å². The summed E-state index contributed by atoms with van der Waals surface area (Å²) in [4.78, 5) is 38.3. The van der Waals surface area contributed by atoms with Crippen LogP contribution < -0.4 is 0 Å². The Morgan fingerprint density at radius 1 is 0.260 bits per heavy atom. The van der Waals surface area contributed by atoms with E-state index in [-0.39, 0.29) is 31.1 Å². The molecule has 0 heterocycles. The molecule has 6 heteroatoms. The molecule has 0 aliphatic carbocycles. The van der Waals surface area contributed by atoms with Crippen molar-refractivity contribution in [2.75, 3.05) is 13.2 Å². The molecule has 6 nitrogen and oxygen atoms in total. The number of esters is 3. The highest BCUT2D eigenvalue weighted by molar-refractivity contribution is 5.71. The van der Waals surface area contributed by atoms with Crippen molar-refractivity contribution in [1.29, 1.82) is 0 Å². The Labute approximate surface area is 473 Å². The smallest absolute Gasteiger partial charge is 0.306 e. The molecule has 0 rings (SSSR count). The van der Waals surface area contributed by atoms with E-state index in [1.165, 1.54) is 44.9 Å². The van der Waals surface area contributed by atoms with Gasteiger partial charge in [0.05, 0.1) is 0 Å². The summed E-state index contributed by atoms with van der Waals surface area (Å²) >= 11 is 0. The first kappa shape index (κ1) is 72.0. The zero-order chi connectivity index (χ0) is 55.7. The molecule has 0 saturated carbocycles. The predicted octanol–water partition coefficient (Wildman–Crippen LogP) is 21.3. The average molecular weight is 1060 g/mol. The summed E-state index contributed by atoms with van der Waals surface area (Å²) in [5.41, 5.74) is 0. The lowest BCUT2D eigenvalue weighted by molar-refractivity contribution is -0.167. The number of allylic oxidation sites excluding steroid dienone is 26. The lowest BCUT2D eigenvalue weighted by atomic mass is 10.1. The molecular formula is C71H112O6. The van der Waals surface area contributed by atoms with Crippen LogP contribution in [0.25, 0.3) is 0 Å². The number of ether oxygens (including phenoxy) is 3. The summed E-state index contributed by atoms with van der Waals surface area (Å²) in [6.07, 6.45) is 92.4. The third-order valence-corrected chi connectivity index (χ3v) is 12.5. The molecule has 0 spiro atoms. The first-order valence-electron chi connectivity index (χ1n) is 31.0. The van der Waals surface area contributed by atoms with Gasteiger partial charge in [-0.1, -0.05) is 249 Å². The monoisotopic (exact) mass is 1060 g/mol. The molecule has 432 valence electrons. The van der Waals surface area contributed by atoms with Gasteiger partial charge in [-0.05, 0) is 141 Å². The minimum atomic E-state index is -0.810. The van der Waals surface area contributed by atoms with E-state index in [4.69, 9.17) is 14.2 Å². The molecule has 0 aromatic heterocycles. The van der Waals surface area contributed by atoms with Crippen LogP contribution in [0.15, 0.2) is 158 Å². The third kappa shape index (κ3) is 61.8. The Bertz CT molecular complexity index is 1740. The summed E-state index contributed by atoms with van der Waals surface area (Å²) in [6, 6.07) is 0. The SMILES string of the molecule is CC/C=C\C/C=C\C/C=C\C/C=C\C/C=C\CCCCCCCCCC(=O)OCC(COC(=O)CCCCC/C=C\C/C=C\C/C=C\CC)OC(=O)CCCCCCCCC/C=C\C/C=C\C/C=C\C/C=C\C/C=C\CC. The van der Waals surface area contributed by atoms with Gasteiger partial charge in [0, 0.05) is 19.3 Å². The van der Waals surface area contributed by atoms with Crippen LogP contribution in [0.1, 0.15) is 252 Å². The van der Waals surface area contributed by atoms with Gasteiger partial charge in [-0.25, -0.2) is 0 Å². The Morgan fingerprint density at radius 2 is 0.468 bits per heavy atom. The molecule has 0 bridgehead atoms. The summed E-state index contributed by atoms with van der Waals surface area (Å²) in [5, 5.41) is 0. The summed E-state index contributed by atoms with van der Waals surface area (Å²) in [7, 11) is 0. The molecule has 0 aromatic carbocycles. The topological polar surface area (TPSA) is 78.9 Å². The zero-order valence-electron chi connectivity index (χ0n) is 49.4. The molecule has 0 amide bonds. The highest BCUT2D eigenvalue weighted by Crippen LogP contribution is 2.14. The van der Waals surface area contributed by atoms with E-state index in [1.54, 1.807) is 0 Å². The Kier molecular flexibility index (Phi) is 59.5. The van der Waals surface area contributed by atoms with Crippen molar-refractivity contribution in [3.05, 3.63) is 158 Å². The summed E-state index contributed by atoms with van der Waals surface area (Å²) < 4.78 is 16.9. The van der Waals surface area contributed by atoms with E-state index in [1.807, 2.05) is 0 Å². The largest absolute Gasteiger partial charge is 0.462 e. The number of carbonyl (C=O) groups excluding carboxylic acids is 3. The van der Waals surface area contributed by atoms with Crippen LogP contribution in [0.2, 0.25) is 0 Å². The number of unbranched alkanes of at least 4 members (excludes halogenated alkanes) is 17. The van der Waals surface area contributed by atoms with E-state index < -0.39 is 6.10 Å². The number of carbonyl (C=O) groups is 3. The van der Waals surface area contributed by atoms with Gasteiger partial charge in [0.1, 0.15) is 13.2 Å². The highest BCUT2D eigenvalue weighted by atomic mass is 16.6. The summed E-state index contributed by atoms with van der Waals surface area (Å²) in [5.74, 6) is -0.961. The number of hydrogen-bond donors (Lipinski definition) is 0. The molecule has 0 radical (unpaired) electrons. The highest BCUT2D eigenvalue weighted by Gasteiger charge is 2.19. The lowest BCUT2D eigenvalue weighted by Gasteiger charge is -2.18. The van der Waals surface area contributed by atoms with E-state index in [2.05, 4.69) is 179 Å². The van der Waals surface area contributed by atoms with Gasteiger partial charge in [0.15, 0.2) is 6.10 Å². The third-order valence-electron chi connectivity index (χ3n) is 12.5. The average Bonchev–Trinajstić information content (AvgIpc) is 3.43. The number of hydrogen-bond acceptors (Lipinski definition) is 6. The molecule has 0 aromatic rings. The molecule has 0 saturated heterocycles. The van der Waals surface area contributed by atoms with Gasteiger partial charge < -0.3 is 14.2 Å². The molecule has 0 aliphatic heterocycles. The minimum Gasteiger partial charge on any atom is -0.462 e. The van der Waals surface area contributed by atoms with Crippen molar-refractivity contribution < 1.29 is 28.6 Å². The van der Waals surface area contributed by atoms with Crippen LogP contribution in [0.4, 0.5) is 0 Å². The van der Waals surface area contributed by atoms with Gasteiger partial charge in [-0.2, -0.15) is 0 Å². The first-order chi connectivity index (χ1) is 38.0. The first-order valence-corrected chi connectivity index (χ1v) is 31.0. The maximum absolute atomic E-state index is 12.9. The van der Waals surface area contributed by atoms with Crippen LogP contribution in [0, 0.1) is 0 Å². The lowest BCUT2D eigenvalue weighted by Crippen LogP contribution is -2.30.